The molecule has 2 N–H and O–H groups in total. The van der Waals surface area contributed by atoms with E-state index in [9.17, 15) is 4.79 Å². The normalized spacial score (nSPS) is 11.9. The summed E-state index contributed by atoms with van der Waals surface area (Å²) in [6.45, 7) is 0.216. The van der Waals surface area contributed by atoms with Crippen LogP contribution in [-0.4, -0.2) is 11.1 Å². The number of fused-ring (bicyclic) bond motifs is 1. The van der Waals surface area contributed by atoms with Gasteiger partial charge in [0.15, 0.2) is 0 Å². The molecule has 4 nitrogen and oxygen atoms in total. The van der Waals surface area contributed by atoms with Crippen LogP contribution in [0, 0.1) is 0 Å². The van der Waals surface area contributed by atoms with E-state index in [0.717, 1.165) is 27.6 Å². The zero-order valence-electron chi connectivity index (χ0n) is 15.1. The number of alkyl carbamates (subject to hydrolysis) is 1. The lowest BCUT2D eigenvalue weighted by molar-refractivity contribution is 0.137. The molecule has 5 heteroatoms. The molecule has 4 aromatic rings. The fraction of sp³-hybridized carbons (Fsp3) is 0.0870. The van der Waals surface area contributed by atoms with Crippen molar-refractivity contribution in [3.63, 3.8) is 0 Å². The summed E-state index contributed by atoms with van der Waals surface area (Å²) < 4.78 is 5.43. The van der Waals surface area contributed by atoms with Crippen molar-refractivity contribution in [1.29, 1.82) is 0 Å². The second-order valence-corrected chi connectivity index (χ2v) is 6.92. The highest BCUT2D eigenvalue weighted by molar-refractivity contribution is 6.30. The summed E-state index contributed by atoms with van der Waals surface area (Å²) in [4.78, 5) is 15.8. The summed E-state index contributed by atoms with van der Waals surface area (Å²) in [6, 6.07) is 24.7. The number of carbonyl (C=O) groups excluding carboxylic acids is 1. The fourth-order valence-electron chi connectivity index (χ4n) is 3.21. The lowest BCUT2D eigenvalue weighted by Gasteiger charge is -2.19. The van der Waals surface area contributed by atoms with Crippen LogP contribution in [0.25, 0.3) is 10.9 Å². The third-order valence-corrected chi connectivity index (χ3v) is 4.86. The van der Waals surface area contributed by atoms with Crippen LogP contribution in [-0.2, 0) is 11.3 Å². The Morgan fingerprint density at radius 2 is 1.68 bits per heavy atom. The summed E-state index contributed by atoms with van der Waals surface area (Å²) in [5, 5.41) is 4.69. The molecule has 28 heavy (non-hydrogen) atoms. The number of aromatic amines is 1. The number of hydrogen-bond donors (Lipinski definition) is 2. The molecule has 1 heterocycles. The van der Waals surface area contributed by atoms with Gasteiger partial charge < -0.3 is 15.0 Å². The van der Waals surface area contributed by atoms with Gasteiger partial charge in [-0.05, 0) is 29.3 Å². The summed E-state index contributed by atoms with van der Waals surface area (Å²) in [6.07, 6.45) is 1.44. The van der Waals surface area contributed by atoms with E-state index in [2.05, 4.69) is 10.3 Å². The molecule has 1 aromatic heterocycles. The van der Waals surface area contributed by atoms with Crippen molar-refractivity contribution in [3.05, 3.63) is 107 Å². The predicted molar refractivity (Wildman–Crippen MR) is 111 cm³/mol. The second kappa shape index (κ2) is 8.19. The van der Waals surface area contributed by atoms with E-state index < -0.39 is 6.09 Å². The Balaban J connectivity index is 1.60. The molecule has 0 radical (unpaired) electrons. The maximum atomic E-state index is 12.5. The van der Waals surface area contributed by atoms with Gasteiger partial charge in [-0.1, -0.05) is 72.3 Å². The van der Waals surface area contributed by atoms with Crippen molar-refractivity contribution in [3.8, 4) is 0 Å². The Labute approximate surface area is 168 Å². The van der Waals surface area contributed by atoms with E-state index >= 15 is 0 Å². The number of rotatable bonds is 5. The molecule has 0 aliphatic heterocycles. The molecule has 140 valence electrons. The number of aromatic nitrogens is 1. The average Bonchev–Trinajstić information content (AvgIpc) is 3.16. The maximum Gasteiger partial charge on any atom is 0.408 e. The minimum absolute atomic E-state index is 0.216. The molecule has 0 saturated heterocycles. The molecule has 0 aliphatic carbocycles. The molecule has 1 amide bonds. The standard InChI is InChI=1S/C23H19ClN2O2/c24-18-12-10-17(11-13-18)22(20-14-25-21-9-5-4-8-19(20)21)26-23(27)28-15-16-6-2-1-3-7-16/h1-14,22,25H,15H2,(H,26,27). The van der Waals surface area contributed by atoms with Gasteiger partial charge in [0.2, 0.25) is 0 Å². The Morgan fingerprint density at radius 3 is 2.46 bits per heavy atom. The average molecular weight is 391 g/mol. The second-order valence-electron chi connectivity index (χ2n) is 6.48. The predicted octanol–water partition coefficient (Wildman–Crippen LogP) is 5.84. The highest BCUT2D eigenvalue weighted by Crippen LogP contribution is 2.29. The van der Waals surface area contributed by atoms with Crippen LogP contribution in [0.4, 0.5) is 4.79 Å². The van der Waals surface area contributed by atoms with Crippen LogP contribution in [0.2, 0.25) is 5.02 Å². The Morgan fingerprint density at radius 1 is 0.964 bits per heavy atom. The lowest BCUT2D eigenvalue weighted by Crippen LogP contribution is -2.29. The van der Waals surface area contributed by atoms with E-state index in [0.29, 0.717) is 5.02 Å². The topological polar surface area (TPSA) is 54.1 Å². The third-order valence-electron chi connectivity index (χ3n) is 4.61. The van der Waals surface area contributed by atoms with Gasteiger partial charge in [-0.3, -0.25) is 0 Å². The zero-order valence-corrected chi connectivity index (χ0v) is 15.8. The number of H-pyrrole nitrogens is 1. The number of nitrogens with one attached hydrogen (secondary N) is 2. The Hall–Kier alpha value is -3.24. The van der Waals surface area contributed by atoms with Crippen molar-refractivity contribution in [2.75, 3.05) is 0 Å². The first-order valence-corrected chi connectivity index (χ1v) is 9.37. The van der Waals surface area contributed by atoms with Gasteiger partial charge in [0.1, 0.15) is 6.61 Å². The van der Waals surface area contributed by atoms with Gasteiger partial charge in [-0.25, -0.2) is 4.79 Å². The van der Waals surface area contributed by atoms with Gasteiger partial charge >= 0.3 is 6.09 Å². The first kappa shape index (κ1) is 18.1. The van der Waals surface area contributed by atoms with Crippen molar-refractivity contribution in [2.45, 2.75) is 12.6 Å². The smallest absolute Gasteiger partial charge is 0.408 e. The molecular formula is C23H19ClN2O2. The molecule has 0 aliphatic rings. The maximum absolute atomic E-state index is 12.5. The van der Waals surface area contributed by atoms with Crippen molar-refractivity contribution in [2.24, 2.45) is 0 Å². The van der Waals surface area contributed by atoms with Gasteiger partial charge in [0.25, 0.3) is 0 Å². The number of carbonyl (C=O) groups is 1. The number of halogens is 1. The van der Waals surface area contributed by atoms with Crippen LogP contribution in [0.3, 0.4) is 0 Å². The van der Waals surface area contributed by atoms with Crippen LogP contribution in [0.1, 0.15) is 22.7 Å². The van der Waals surface area contributed by atoms with E-state index in [1.165, 1.54) is 0 Å². The van der Waals surface area contributed by atoms with E-state index in [4.69, 9.17) is 16.3 Å². The molecular weight excluding hydrogens is 372 g/mol. The quantitative estimate of drug-likeness (QED) is 0.450. The van der Waals surface area contributed by atoms with Crippen molar-refractivity contribution in [1.82, 2.24) is 10.3 Å². The monoisotopic (exact) mass is 390 g/mol. The fourth-order valence-corrected chi connectivity index (χ4v) is 3.34. The largest absolute Gasteiger partial charge is 0.445 e. The third kappa shape index (κ3) is 4.02. The summed E-state index contributed by atoms with van der Waals surface area (Å²) >= 11 is 6.04. The van der Waals surface area contributed by atoms with E-state index in [-0.39, 0.29) is 12.6 Å². The van der Waals surface area contributed by atoms with Crippen LogP contribution in [0.5, 0.6) is 0 Å². The summed E-state index contributed by atoms with van der Waals surface area (Å²) in [5.41, 5.74) is 3.84. The summed E-state index contributed by atoms with van der Waals surface area (Å²) in [5.74, 6) is 0. The zero-order chi connectivity index (χ0) is 19.3. The van der Waals surface area contributed by atoms with E-state index in [1.807, 2.05) is 85.1 Å². The number of benzene rings is 3. The summed E-state index contributed by atoms with van der Waals surface area (Å²) in [7, 11) is 0. The molecule has 0 bridgehead atoms. The number of ether oxygens (including phenoxy) is 1. The first-order valence-electron chi connectivity index (χ1n) is 8.99. The number of amides is 1. The molecule has 0 saturated carbocycles. The van der Waals surface area contributed by atoms with Gasteiger partial charge in [0.05, 0.1) is 6.04 Å². The Bertz CT molecular complexity index is 1070. The van der Waals surface area contributed by atoms with Gasteiger partial charge in [-0.2, -0.15) is 0 Å². The van der Waals surface area contributed by atoms with Gasteiger partial charge in [-0.15, -0.1) is 0 Å². The lowest BCUT2D eigenvalue weighted by atomic mass is 9.98. The Kier molecular flexibility index (Phi) is 5.31. The first-order chi connectivity index (χ1) is 13.7. The van der Waals surface area contributed by atoms with Crippen LogP contribution < -0.4 is 5.32 Å². The molecule has 1 unspecified atom stereocenters. The van der Waals surface area contributed by atoms with Gasteiger partial charge in [0, 0.05) is 27.7 Å². The number of para-hydroxylation sites is 1. The minimum Gasteiger partial charge on any atom is -0.445 e. The number of hydrogen-bond acceptors (Lipinski definition) is 2. The van der Waals surface area contributed by atoms with Crippen molar-refractivity contribution < 1.29 is 9.53 Å². The molecule has 3 aromatic carbocycles. The SMILES string of the molecule is O=C(NC(c1ccc(Cl)cc1)c1c[nH]c2ccccc12)OCc1ccccc1. The van der Waals surface area contributed by atoms with E-state index in [1.54, 1.807) is 0 Å². The molecule has 0 fully saturated rings. The van der Waals surface area contributed by atoms with Crippen LogP contribution >= 0.6 is 11.6 Å². The van der Waals surface area contributed by atoms with Crippen molar-refractivity contribution >= 4 is 28.6 Å². The highest BCUT2D eigenvalue weighted by atomic mass is 35.5. The molecule has 1 atom stereocenters. The van der Waals surface area contributed by atoms with Crippen LogP contribution in [0.15, 0.2) is 85.1 Å². The minimum atomic E-state index is -0.478. The molecule has 4 rings (SSSR count). The highest BCUT2D eigenvalue weighted by Gasteiger charge is 2.21. The molecule has 0 spiro atoms.